The number of nitriles is 1. The summed E-state index contributed by atoms with van der Waals surface area (Å²) in [5.41, 5.74) is 3.64. The molecule has 0 amide bonds. The van der Waals surface area contributed by atoms with E-state index in [-0.39, 0.29) is 12.2 Å². The van der Waals surface area contributed by atoms with Crippen LogP contribution in [-0.2, 0) is 19.3 Å². The summed E-state index contributed by atoms with van der Waals surface area (Å²) in [6.07, 6.45) is 1.55. The van der Waals surface area contributed by atoms with E-state index in [4.69, 9.17) is 5.26 Å². The molecule has 4 heteroatoms. The molecule has 0 aliphatic heterocycles. The van der Waals surface area contributed by atoms with Crippen LogP contribution in [0.15, 0.2) is 66.7 Å². The van der Waals surface area contributed by atoms with Gasteiger partial charge in [0.25, 0.3) is 0 Å². The summed E-state index contributed by atoms with van der Waals surface area (Å²) in [7, 11) is 0. The minimum Gasteiger partial charge on any atom is -0.206 e. The molecular formula is C27H20F3N. The molecule has 0 N–H and O–H groups in total. The number of hydrogen-bond donors (Lipinski definition) is 0. The highest BCUT2D eigenvalue weighted by Gasteiger charge is 2.13. The molecular weight excluding hydrogens is 395 g/mol. The monoisotopic (exact) mass is 415 g/mol. The lowest BCUT2D eigenvalue weighted by atomic mass is 9.96. The van der Waals surface area contributed by atoms with Crippen molar-refractivity contribution in [2.24, 2.45) is 0 Å². The lowest BCUT2D eigenvalue weighted by Crippen LogP contribution is -1.99. The topological polar surface area (TPSA) is 23.8 Å². The number of benzene rings is 4. The standard InChI is InChI=1S/C27H20F3N/c1-2-17-3-6-19(7-4-17)21-11-12-23-22(15-21)10-9-20(27(23)30)8-5-18-13-25(28)24(16-31)26(29)14-18/h3-4,6-7,9-15H,2,5,8H2,1H3. The van der Waals surface area contributed by atoms with E-state index in [2.05, 4.69) is 31.2 Å². The van der Waals surface area contributed by atoms with Crippen LogP contribution in [0.5, 0.6) is 0 Å². The molecule has 0 atom stereocenters. The predicted molar refractivity (Wildman–Crippen MR) is 117 cm³/mol. The highest BCUT2D eigenvalue weighted by molar-refractivity contribution is 5.88. The van der Waals surface area contributed by atoms with Crippen molar-refractivity contribution >= 4 is 10.8 Å². The molecule has 0 unspecified atom stereocenters. The Morgan fingerprint density at radius 2 is 1.42 bits per heavy atom. The lowest BCUT2D eigenvalue weighted by Gasteiger charge is -2.10. The van der Waals surface area contributed by atoms with Gasteiger partial charge in [0.15, 0.2) is 0 Å². The summed E-state index contributed by atoms with van der Waals surface area (Å²) in [4.78, 5) is 0. The molecule has 0 aliphatic rings. The molecule has 0 heterocycles. The Hall–Kier alpha value is -3.58. The largest absolute Gasteiger partial charge is 0.206 e. The maximum atomic E-state index is 15.1. The summed E-state index contributed by atoms with van der Waals surface area (Å²) in [5.74, 6) is -2.10. The Labute approximate surface area is 179 Å². The van der Waals surface area contributed by atoms with E-state index in [0.29, 0.717) is 22.9 Å². The zero-order valence-corrected chi connectivity index (χ0v) is 17.1. The minimum absolute atomic E-state index is 0.268. The number of rotatable bonds is 5. The zero-order valence-electron chi connectivity index (χ0n) is 17.1. The molecule has 0 saturated carbocycles. The van der Waals surface area contributed by atoms with Crippen molar-refractivity contribution in [2.45, 2.75) is 26.2 Å². The molecule has 31 heavy (non-hydrogen) atoms. The molecule has 0 bridgehead atoms. The first-order chi connectivity index (χ1) is 15.0. The average molecular weight is 415 g/mol. The van der Waals surface area contributed by atoms with Crippen molar-refractivity contribution < 1.29 is 13.2 Å². The number of hydrogen-bond acceptors (Lipinski definition) is 1. The van der Waals surface area contributed by atoms with Crippen molar-refractivity contribution in [3.63, 3.8) is 0 Å². The van der Waals surface area contributed by atoms with E-state index in [1.54, 1.807) is 12.1 Å². The summed E-state index contributed by atoms with van der Waals surface area (Å²) in [6, 6.07) is 21.3. The summed E-state index contributed by atoms with van der Waals surface area (Å²) < 4.78 is 42.7. The summed E-state index contributed by atoms with van der Waals surface area (Å²) >= 11 is 0. The molecule has 0 fully saturated rings. The molecule has 4 aromatic rings. The highest BCUT2D eigenvalue weighted by Crippen LogP contribution is 2.28. The van der Waals surface area contributed by atoms with E-state index in [0.717, 1.165) is 35.1 Å². The Morgan fingerprint density at radius 3 is 2.06 bits per heavy atom. The van der Waals surface area contributed by atoms with Crippen molar-refractivity contribution in [3.8, 4) is 17.2 Å². The number of nitrogens with zero attached hydrogens (tertiary/aromatic N) is 1. The van der Waals surface area contributed by atoms with E-state index in [1.165, 1.54) is 11.6 Å². The molecule has 1 nitrogen and oxygen atoms in total. The summed E-state index contributed by atoms with van der Waals surface area (Å²) in [6.45, 7) is 2.11. The second-order valence-electron chi connectivity index (χ2n) is 7.57. The fourth-order valence-electron chi connectivity index (χ4n) is 3.80. The smallest absolute Gasteiger partial charge is 0.144 e. The Kier molecular flexibility index (Phi) is 5.77. The Bertz CT molecular complexity index is 1280. The minimum atomic E-state index is -0.893. The average Bonchev–Trinajstić information content (AvgIpc) is 2.78. The number of fused-ring (bicyclic) bond motifs is 1. The third kappa shape index (κ3) is 4.18. The van der Waals surface area contributed by atoms with E-state index >= 15 is 4.39 Å². The van der Waals surface area contributed by atoms with Gasteiger partial charge in [0.2, 0.25) is 0 Å². The van der Waals surface area contributed by atoms with Crippen LogP contribution in [0.2, 0.25) is 0 Å². The van der Waals surface area contributed by atoms with Crippen molar-refractivity contribution in [1.29, 1.82) is 5.26 Å². The van der Waals surface area contributed by atoms with Gasteiger partial charge in [-0.3, -0.25) is 0 Å². The number of aryl methyl sites for hydroxylation is 3. The second kappa shape index (κ2) is 8.65. The van der Waals surface area contributed by atoms with Gasteiger partial charge >= 0.3 is 0 Å². The molecule has 0 aliphatic carbocycles. The van der Waals surface area contributed by atoms with Gasteiger partial charge in [-0.1, -0.05) is 55.5 Å². The van der Waals surface area contributed by atoms with E-state index in [9.17, 15) is 8.78 Å². The SMILES string of the molecule is CCc1ccc(-c2ccc3c(F)c(CCc4cc(F)c(C#N)c(F)c4)ccc3c2)cc1. The van der Waals surface area contributed by atoms with Gasteiger partial charge in [0.05, 0.1) is 0 Å². The summed E-state index contributed by atoms with van der Waals surface area (Å²) in [5, 5.41) is 10.1. The maximum absolute atomic E-state index is 15.1. The van der Waals surface area contributed by atoms with Gasteiger partial charge in [0.1, 0.15) is 29.1 Å². The van der Waals surface area contributed by atoms with Crippen LogP contribution in [0.3, 0.4) is 0 Å². The predicted octanol–water partition coefficient (Wildman–Crippen LogP) is 7.14. The van der Waals surface area contributed by atoms with Crippen LogP contribution < -0.4 is 0 Å². The van der Waals surface area contributed by atoms with Gasteiger partial charge in [-0.2, -0.15) is 5.26 Å². The number of halogens is 3. The van der Waals surface area contributed by atoms with Gasteiger partial charge in [0, 0.05) is 5.39 Å². The van der Waals surface area contributed by atoms with Crippen molar-refractivity contribution in [3.05, 3.63) is 106 Å². The van der Waals surface area contributed by atoms with Gasteiger partial charge in [-0.25, -0.2) is 13.2 Å². The lowest BCUT2D eigenvalue weighted by molar-refractivity contribution is 0.572. The Morgan fingerprint density at radius 1 is 0.742 bits per heavy atom. The van der Waals surface area contributed by atoms with Crippen LogP contribution in [0.1, 0.15) is 29.2 Å². The van der Waals surface area contributed by atoms with Crippen LogP contribution in [-0.4, -0.2) is 0 Å². The van der Waals surface area contributed by atoms with Gasteiger partial charge in [-0.15, -0.1) is 0 Å². The first kappa shape index (κ1) is 20.7. The second-order valence-corrected chi connectivity index (χ2v) is 7.57. The molecule has 0 aromatic heterocycles. The molecule has 0 radical (unpaired) electrons. The maximum Gasteiger partial charge on any atom is 0.144 e. The van der Waals surface area contributed by atoms with Crippen LogP contribution in [0.4, 0.5) is 13.2 Å². The fraction of sp³-hybridized carbons (Fsp3) is 0.148. The van der Waals surface area contributed by atoms with Crippen molar-refractivity contribution in [2.75, 3.05) is 0 Å². The fourth-order valence-corrected chi connectivity index (χ4v) is 3.80. The van der Waals surface area contributed by atoms with Crippen LogP contribution in [0.25, 0.3) is 21.9 Å². The van der Waals surface area contributed by atoms with Crippen molar-refractivity contribution in [1.82, 2.24) is 0 Å². The first-order valence-corrected chi connectivity index (χ1v) is 10.2. The van der Waals surface area contributed by atoms with Gasteiger partial charge in [-0.05, 0) is 70.7 Å². The molecule has 0 spiro atoms. The quantitative estimate of drug-likeness (QED) is 0.340. The zero-order chi connectivity index (χ0) is 22.0. The highest BCUT2D eigenvalue weighted by atomic mass is 19.1. The Balaban J connectivity index is 1.59. The van der Waals surface area contributed by atoms with E-state index < -0.39 is 17.2 Å². The molecule has 4 rings (SSSR count). The van der Waals surface area contributed by atoms with Crippen LogP contribution in [0, 0.1) is 28.8 Å². The molecule has 0 saturated heterocycles. The van der Waals surface area contributed by atoms with Gasteiger partial charge < -0.3 is 0 Å². The third-order valence-corrected chi connectivity index (χ3v) is 5.63. The normalized spacial score (nSPS) is 10.9. The van der Waals surface area contributed by atoms with E-state index in [1.807, 2.05) is 18.2 Å². The third-order valence-electron chi connectivity index (χ3n) is 5.63. The van der Waals surface area contributed by atoms with Crippen LogP contribution >= 0.6 is 0 Å². The molecule has 154 valence electrons. The first-order valence-electron chi connectivity index (χ1n) is 10.2. The molecule has 4 aromatic carbocycles.